The minimum atomic E-state index is -0.247. The highest BCUT2D eigenvalue weighted by Gasteiger charge is 2.40. The first-order valence-electron chi connectivity index (χ1n) is 9.10. The van der Waals surface area contributed by atoms with E-state index in [1.54, 1.807) is 24.4 Å². The maximum atomic E-state index is 14.8. The van der Waals surface area contributed by atoms with Crippen molar-refractivity contribution in [1.82, 2.24) is 15.2 Å². The Kier molecular flexibility index (Phi) is 3.39. The van der Waals surface area contributed by atoms with Gasteiger partial charge in [0.25, 0.3) is 0 Å². The van der Waals surface area contributed by atoms with E-state index in [4.69, 9.17) is 0 Å². The highest BCUT2D eigenvalue weighted by atomic mass is 19.1. The monoisotopic (exact) mass is 349 g/mol. The molecule has 5 heteroatoms. The number of carbonyl (C=O) groups is 1. The molecule has 2 aliphatic heterocycles. The molecule has 132 valence electrons. The maximum Gasteiger partial charge on any atom is 0.136 e. The number of pyridine rings is 1. The van der Waals surface area contributed by atoms with E-state index in [-0.39, 0.29) is 17.9 Å². The lowest BCUT2D eigenvalue weighted by molar-refractivity contribution is -0.118. The SMILES string of the molecule is CN1C=C2C=C(F)c3cccnc3C3=C2C1CC(C1=CCC(=O)CC1)N3. The van der Waals surface area contributed by atoms with Crippen LogP contribution in [0.1, 0.15) is 36.9 Å². The normalized spacial score (nSPS) is 27.1. The van der Waals surface area contributed by atoms with Gasteiger partial charge in [-0.3, -0.25) is 9.78 Å². The fourth-order valence-corrected chi connectivity index (χ4v) is 4.52. The van der Waals surface area contributed by atoms with Crippen molar-refractivity contribution in [3.05, 3.63) is 64.7 Å². The number of ketones is 1. The summed E-state index contributed by atoms with van der Waals surface area (Å²) in [5.74, 6) is 0.0581. The third kappa shape index (κ3) is 2.26. The molecular formula is C21H20FN3O. The number of hydrogen-bond acceptors (Lipinski definition) is 4. The van der Waals surface area contributed by atoms with Crippen LogP contribution in [0.25, 0.3) is 11.5 Å². The number of likely N-dealkylation sites (N-methyl/N-ethyl adjacent to an activating group) is 1. The number of allylic oxidation sites excluding steroid dienone is 2. The molecular weight excluding hydrogens is 329 g/mol. The van der Waals surface area contributed by atoms with Gasteiger partial charge in [0.1, 0.15) is 11.6 Å². The van der Waals surface area contributed by atoms with Gasteiger partial charge in [-0.05, 0) is 31.1 Å². The van der Waals surface area contributed by atoms with Gasteiger partial charge in [0.2, 0.25) is 0 Å². The first kappa shape index (κ1) is 15.6. The van der Waals surface area contributed by atoms with E-state index in [0.717, 1.165) is 29.7 Å². The summed E-state index contributed by atoms with van der Waals surface area (Å²) < 4.78 is 14.8. The minimum Gasteiger partial charge on any atom is -0.376 e. The predicted molar refractivity (Wildman–Crippen MR) is 98.4 cm³/mol. The van der Waals surface area contributed by atoms with Gasteiger partial charge in [-0.25, -0.2) is 4.39 Å². The van der Waals surface area contributed by atoms with Crippen molar-refractivity contribution in [3.8, 4) is 0 Å². The highest BCUT2D eigenvalue weighted by molar-refractivity contribution is 5.86. The molecule has 2 atom stereocenters. The molecule has 2 aliphatic carbocycles. The lowest BCUT2D eigenvalue weighted by atomic mass is 9.83. The zero-order valence-electron chi connectivity index (χ0n) is 14.6. The van der Waals surface area contributed by atoms with Gasteiger partial charge in [0.15, 0.2) is 0 Å². The van der Waals surface area contributed by atoms with Gasteiger partial charge in [0, 0.05) is 55.0 Å². The van der Waals surface area contributed by atoms with Crippen LogP contribution in [0.15, 0.2) is 53.4 Å². The van der Waals surface area contributed by atoms with E-state index in [9.17, 15) is 9.18 Å². The Hall–Kier alpha value is -2.69. The number of carbonyl (C=O) groups excluding carboxylic acids is 1. The van der Waals surface area contributed by atoms with E-state index in [0.29, 0.717) is 29.9 Å². The third-order valence-electron chi connectivity index (χ3n) is 5.84. The Morgan fingerprint density at radius 3 is 3.04 bits per heavy atom. The number of aromatic nitrogens is 1. The molecule has 0 saturated heterocycles. The van der Waals surface area contributed by atoms with Crippen LogP contribution in [0.4, 0.5) is 4.39 Å². The molecule has 1 N–H and O–H groups in total. The molecule has 0 spiro atoms. The standard InChI is InChI=1S/C21H20FN3O/c1-25-11-13-9-16(22)15-3-2-8-23-20(15)21-19(13)18(25)10-17(24-21)12-4-6-14(26)7-5-12/h2-4,8-9,11,17-18,24H,5-7,10H2,1H3. The zero-order valence-corrected chi connectivity index (χ0v) is 14.6. The topological polar surface area (TPSA) is 45.2 Å². The minimum absolute atomic E-state index is 0.151. The van der Waals surface area contributed by atoms with Crippen LogP contribution in [0.2, 0.25) is 0 Å². The van der Waals surface area contributed by atoms with Gasteiger partial charge < -0.3 is 10.2 Å². The lowest BCUT2D eigenvalue weighted by Gasteiger charge is -2.37. The summed E-state index contributed by atoms with van der Waals surface area (Å²) in [7, 11) is 2.04. The molecule has 2 unspecified atom stereocenters. The van der Waals surface area contributed by atoms with E-state index in [1.807, 2.05) is 13.2 Å². The number of nitrogens with one attached hydrogen (secondary N) is 1. The Labute approximate surface area is 151 Å². The first-order valence-corrected chi connectivity index (χ1v) is 9.10. The number of nitrogens with zero attached hydrogens (tertiary/aromatic N) is 2. The van der Waals surface area contributed by atoms with Gasteiger partial charge in [-0.1, -0.05) is 11.6 Å². The van der Waals surface area contributed by atoms with E-state index in [2.05, 4.69) is 21.3 Å². The van der Waals surface area contributed by atoms with E-state index < -0.39 is 0 Å². The van der Waals surface area contributed by atoms with Crippen molar-refractivity contribution in [3.63, 3.8) is 0 Å². The molecule has 0 amide bonds. The maximum absolute atomic E-state index is 14.8. The van der Waals surface area contributed by atoms with Crippen LogP contribution >= 0.6 is 0 Å². The van der Waals surface area contributed by atoms with Crippen molar-refractivity contribution >= 4 is 17.3 Å². The van der Waals surface area contributed by atoms with Crippen LogP contribution in [-0.2, 0) is 4.79 Å². The molecule has 5 rings (SSSR count). The largest absolute Gasteiger partial charge is 0.376 e. The van der Waals surface area contributed by atoms with Gasteiger partial charge in [-0.15, -0.1) is 0 Å². The molecule has 3 heterocycles. The number of halogens is 1. The number of hydrogen-bond donors (Lipinski definition) is 1. The second-order valence-corrected chi connectivity index (χ2v) is 7.40. The fourth-order valence-electron chi connectivity index (χ4n) is 4.52. The summed E-state index contributed by atoms with van der Waals surface area (Å²) in [6, 6.07) is 3.90. The average Bonchev–Trinajstić information content (AvgIpc) is 2.91. The van der Waals surface area contributed by atoms with Crippen molar-refractivity contribution < 1.29 is 9.18 Å². The summed E-state index contributed by atoms with van der Waals surface area (Å²) in [4.78, 5) is 18.3. The molecule has 1 aromatic heterocycles. The number of rotatable bonds is 1. The molecule has 0 aromatic carbocycles. The summed E-state index contributed by atoms with van der Waals surface area (Å²) in [6.07, 6.45) is 10.3. The van der Waals surface area contributed by atoms with Crippen LogP contribution in [0, 0.1) is 0 Å². The average molecular weight is 349 g/mol. The Balaban J connectivity index is 1.63. The Bertz CT molecular complexity index is 940. The van der Waals surface area contributed by atoms with Crippen LogP contribution in [-0.4, -0.2) is 34.8 Å². The number of fused-ring (bicyclic) bond motifs is 2. The van der Waals surface area contributed by atoms with Crippen LogP contribution in [0.3, 0.4) is 0 Å². The Morgan fingerprint density at radius 2 is 2.23 bits per heavy atom. The van der Waals surface area contributed by atoms with Crippen molar-refractivity contribution in [2.24, 2.45) is 0 Å². The predicted octanol–water partition coefficient (Wildman–Crippen LogP) is 3.36. The molecule has 0 saturated carbocycles. The first-order chi connectivity index (χ1) is 12.6. The Morgan fingerprint density at radius 1 is 1.35 bits per heavy atom. The molecule has 0 radical (unpaired) electrons. The summed E-state index contributed by atoms with van der Waals surface area (Å²) in [6.45, 7) is 0. The molecule has 4 nitrogen and oxygen atoms in total. The van der Waals surface area contributed by atoms with Gasteiger partial charge in [0.05, 0.1) is 17.4 Å². The smallest absolute Gasteiger partial charge is 0.136 e. The molecule has 0 bridgehead atoms. The van der Waals surface area contributed by atoms with E-state index >= 15 is 0 Å². The highest BCUT2D eigenvalue weighted by Crippen LogP contribution is 2.44. The summed E-state index contributed by atoms with van der Waals surface area (Å²) in [5.41, 5.74) is 5.47. The molecule has 26 heavy (non-hydrogen) atoms. The second-order valence-electron chi connectivity index (χ2n) is 7.40. The van der Waals surface area contributed by atoms with Crippen molar-refractivity contribution in [2.75, 3.05) is 7.05 Å². The second kappa shape index (κ2) is 5.66. The third-order valence-corrected chi connectivity index (χ3v) is 5.84. The van der Waals surface area contributed by atoms with Crippen molar-refractivity contribution in [1.29, 1.82) is 0 Å². The lowest BCUT2D eigenvalue weighted by Crippen LogP contribution is -2.43. The molecule has 1 aromatic rings. The number of Topliss-reactive ketones (excluding diaryl/α,β-unsaturated/α-hetero) is 1. The zero-order chi connectivity index (χ0) is 17.8. The van der Waals surface area contributed by atoms with Crippen molar-refractivity contribution in [2.45, 2.75) is 37.8 Å². The summed E-state index contributed by atoms with van der Waals surface area (Å²) in [5, 5.41) is 3.65. The fraction of sp³-hybridized carbons (Fsp3) is 0.333. The molecule has 4 aliphatic rings. The van der Waals surface area contributed by atoms with E-state index in [1.165, 1.54) is 5.57 Å². The van der Waals surface area contributed by atoms with Crippen LogP contribution < -0.4 is 5.32 Å². The molecule has 0 fully saturated rings. The van der Waals surface area contributed by atoms with Gasteiger partial charge >= 0.3 is 0 Å². The summed E-state index contributed by atoms with van der Waals surface area (Å²) >= 11 is 0. The van der Waals surface area contributed by atoms with Gasteiger partial charge in [-0.2, -0.15) is 0 Å². The quantitative estimate of drug-likeness (QED) is 0.790. The van der Waals surface area contributed by atoms with Crippen LogP contribution in [0.5, 0.6) is 0 Å².